The molecule has 0 saturated heterocycles. The zero-order chi connectivity index (χ0) is 52.8. The summed E-state index contributed by atoms with van der Waals surface area (Å²) in [6, 6.07) is 23.1. The Hall–Kier alpha value is -6.92. The zero-order valence-corrected chi connectivity index (χ0v) is 44.9. The number of benzene rings is 2. The number of ether oxygens (including phenoxy) is 1. The molecule has 0 fully saturated rings. The van der Waals surface area contributed by atoms with E-state index >= 15 is 0 Å². The van der Waals surface area contributed by atoms with Crippen molar-refractivity contribution in [3.05, 3.63) is 175 Å². The number of aryl methyl sites for hydroxylation is 6. The van der Waals surface area contributed by atoms with Crippen LogP contribution in [0.4, 0.5) is 0 Å². The van der Waals surface area contributed by atoms with E-state index in [9.17, 15) is 33.9 Å². The zero-order valence-electron chi connectivity index (χ0n) is 44.9. The van der Waals surface area contributed by atoms with Gasteiger partial charge < -0.3 is 35.1 Å². The smallest absolute Gasteiger partial charge is 0.870 e. The molecule has 4 atom stereocenters. The van der Waals surface area contributed by atoms with Crippen molar-refractivity contribution in [3.8, 4) is 22.5 Å². The second-order valence-electron chi connectivity index (χ2n) is 19.4. The molecule has 4 aromatic heterocycles. The Balaban J connectivity index is 0.000000494. The molecule has 2 unspecified atom stereocenters. The summed E-state index contributed by atoms with van der Waals surface area (Å²) in [4.78, 5) is 85.9. The van der Waals surface area contributed by atoms with E-state index < -0.39 is 36.1 Å². The largest absolute Gasteiger partial charge is 1.00 e. The minimum Gasteiger partial charge on any atom is -0.870 e. The summed E-state index contributed by atoms with van der Waals surface area (Å²) in [5.74, 6) is -1.84. The van der Waals surface area contributed by atoms with Crippen LogP contribution in [-0.2, 0) is 23.9 Å². The number of aliphatic carboxylic acids is 1. The molecule has 0 aliphatic rings. The summed E-state index contributed by atoms with van der Waals surface area (Å²) in [6.07, 6.45) is 7.21. The summed E-state index contributed by atoms with van der Waals surface area (Å²) in [5.41, 5.74) is 10.3. The molecular weight excluding hydrogens is 944 g/mol. The van der Waals surface area contributed by atoms with Crippen molar-refractivity contribution < 1.29 is 53.4 Å². The van der Waals surface area contributed by atoms with E-state index in [-0.39, 0.29) is 86.0 Å². The van der Waals surface area contributed by atoms with Gasteiger partial charge in [-0.1, -0.05) is 71.5 Å². The Bertz CT molecular complexity index is 2960. The fourth-order valence-corrected chi connectivity index (χ4v) is 8.92. The average Bonchev–Trinajstić information content (AvgIpc) is 3.30. The number of hydrogen-bond donors (Lipinski definition) is 3. The summed E-state index contributed by atoms with van der Waals surface area (Å²) >= 11 is 0. The fourth-order valence-electron chi connectivity index (χ4n) is 8.92. The van der Waals surface area contributed by atoms with Crippen molar-refractivity contribution >= 4 is 23.8 Å². The number of esters is 1. The van der Waals surface area contributed by atoms with Gasteiger partial charge in [0.05, 0.1) is 42.9 Å². The van der Waals surface area contributed by atoms with Gasteiger partial charge in [0.15, 0.2) is 0 Å². The van der Waals surface area contributed by atoms with E-state index in [4.69, 9.17) is 4.74 Å². The van der Waals surface area contributed by atoms with Crippen LogP contribution in [0.15, 0.2) is 119 Å². The maximum Gasteiger partial charge on any atom is 1.00 e. The second-order valence-corrected chi connectivity index (χ2v) is 19.4. The minimum absolute atomic E-state index is 0. The molecule has 4 heterocycles. The van der Waals surface area contributed by atoms with Crippen molar-refractivity contribution in [1.82, 2.24) is 29.7 Å². The number of rotatable bonds is 19. The van der Waals surface area contributed by atoms with Gasteiger partial charge in [-0.3, -0.25) is 38.7 Å². The molecule has 2 amide bonds. The number of carboxylic acids is 1. The van der Waals surface area contributed by atoms with Gasteiger partial charge in [-0.05, 0) is 154 Å². The molecule has 6 rings (SSSR count). The normalized spacial score (nSPS) is 12.3. The van der Waals surface area contributed by atoms with Crippen molar-refractivity contribution in [2.45, 2.75) is 133 Å². The maximum atomic E-state index is 13.7. The van der Waals surface area contributed by atoms with E-state index in [1.807, 2.05) is 124 Å². The van der Waals surface area contributed by atoms with E-state index in [0.717, 1.165) is 61.5 Å². The second kappa shape index (κ2) is 29.8. The van der Waals surface area contributed by atoms with Gasteiger partial charge in [0, 0.05) is 48.0 Å². The van der Waals surface area contributed by atoms with Gasteiger partial charge in [0.25, 0.3) is 11.1 Å². The number of carbonyl (C=O) groups excluding carboxylic acids is 3. The van der Waals surface area contributed by atoms with Crippen LogP contribution in [0.3, 0.4) is 0 Å². The Morgan fingerprint density at radius 1 is 0.600 bits per heavy atom. The predicted molar refractivity (Wildman–Crippen MR) is 290 cm³/mol. The number of amides is 2. The van der Waals surface area contributed by atoms with Crippen LogP contribution in [-0.4, -0.2) is 60.0 Å². The van der Waals surface area contributed by atoms with Crippen LogP contribution in [0.5, 0.6) is 0 Å². The molecule has 0 bridgehead atoms. The van der Waals surface area contributed by atoms with Crippen molar-refractivity contribution in [3.63, 3.8) is 0 Å². The van der Waals surface area contributed by atoms with Crippen LogP contribution >= 0.6 is 0 Å². The van der Waals surface area contributed by atoms with Gasteiger partial charge in [0.1, 0.15) is 12.1 Å². The van der Waals surface area contributed by atoms with E-state index in [2.05, 4.69) is 20.6 Å². The summed E-state index contributed by atoms with van der Waals surface area (Å²) in [7, 11) is 0. The first-order chi connectivity index (χ1) is 34.2. The van der Waals surface area contributed by atoms with E-state index in [0.29, 0.717) is 18.4 Å². The standard InChI is InChI=1S/C30H37N3O4.C28H33N3O4.CH4.Li.H2O/c1-7-37-28(35)18-24(23-11-13-31-25(17-23)29-21(5)9-8-10-22(29)6)32-30(36)26(15-19(2)3)33-14-12-20(4)16-27(33)34;1-17(2)13-24(31-12-10-18(3)14-25(31)32)28(35)30-22(16-26(33)34)21-9-11-29-23(15-21)27-19(4)7-6-8-20(27)5;;;/h8-14,16-17,19,24,26H,7,15,18H2,1-6H3,(H,32,36);6-12,14-15,17,22,24H,13,16H2,1-5H3,(H,30,35)(H,33,34);1H4;;1H2/q;;;+1;/p-1/t24-,26?;22-,24?;;;/m11.../s1. The molecular formula is C59H75LiN6O9. The number of aromatic nitrogens is 4. The Kier molecular flexibility index (Phi) is 25.5. The molecule has 4 N–H and O–H groups in total. The van der Waals surface area contributed by atoms with Crippen LogP contribution < -0.4 is 40.6 Å². The first-order valence-corrected chi connectivity index (χ1v) is 24.6. The molecule has 15 nitrogen and oxygen atoms in total. The number of hydrogen-bond acceptors (Lipinski definition) is 10. The SMILES string of the molecule is C.CCOC(=O)C[C@@H](NC(=O)C(CC(C)C)n1ccc(C)cc1=O)c1ccnc(-c2c(C)cccc2C)c1.Cc1ccn(C(CC(C)C)C(=O)N[C@H](CC(=O)O)c2ccnc(-c3c(C)cccc3C)c2)c(=O)c1.[Li+].[OH-]. The molecule has 6 aromatic rings. The third kappa shape index (κ3) is 17.9. The number of carboxylic acid groups (broad SMARTS) is 1. The van der Waals surface area contributed by atoms with E-state index in [1.165, 1.54) is 21.3 Å². The minimum atomic E-state index is -1.03. The fraction of sp³-hybridized carbons (Fsp3) is 0.390. The topological polar surface area (TPSA) is 222 Å². The quantitative estimate of drug-likeness (QED) is 0.0534. The molecule has 75 heavy (non-hydrogen) atoms. The molecule has 0 spiro atoms. The Morgan fingerprint density at radius 2 is 0.973 bits per heavy atom. The van der Waals surface area contributed by atoms with Gasteiger partial charge in [-0.15, -0.1) is 0 Å². The van der Waals surface area contributed by atoms with Crippen LogP contribution in [0.1, 0.15) is 136 Å². The molecule has 16 heteroatoms. The maximum absolute atomic E-state index is 13.7. The first kappa shape index (κ1) is 64.2. The predicted octanol–water partition coefficient (Wildman–Crippen LogP) is 7.45. The molecule has 0 aliphatic heterocycles. The molecule has 0 saturated carbocycles. The van der Waals surface area contributed by atoms with Crippen LogP contribution in [0, 0.1) is 53.4 Å². The first-order valence-electron chi connectivity index (χ1n) is 24.6. The Labute approximate surface area is 454 Å². The Morgan fingerprint density at radius 3 is 1.31 bits per heavy atom. The summed E-state index contributed by atoms with van der Waals surface area (Å²) < 4.78 is 8.11. The van der Waals surface area contributed by atoms with Crippen molar-refractivity contribution in [2.24, 2.45) is 11.8 Å². The number of pyridine rings is 4. The summed E-state index contributed by atoms with van der Waals surface area (Å²) in [6.45, 7) is 21.7. The average molecular weight is 1020 g/mol. The molecule has 396 valence electrons. The number of nitrogens with one attached hydrogen (secondary N) is 2. The van der Waals surface area contributed by atoms with Gasteiger partial charge >= 0.3 is 30.8 Å². The number of carbonyl (C=O) groups is 4. The monoisotopic (exact) mass is 1020 g/mol. The van der Waals surface area contributed by atoms with Gasteiger partial charge in [0.2, 0.25) is 11.8 Å². The third-order valence-electron chi connectivity index (χ3n) is 12.4. The van der Waals surface area contributed by atoms with E-state index in [1.54, 1.807) is 49.9 Å². The van der Waals surface area contributed by atoms with Crippen LogP contribution in [0.2, 0.25) is 0 Å². The molecule has 0 aliphatic carbocycles. The summed E-state index contributed by atoms with van der Waals surface area (Å²) in [5, 5.41) is 15.5. The third-order valence-corrected chi connectivity index (χ3v) is 12.4. The van der Waals surface area contributed by atoms with Crippen molar-refractivity contribution in [2.75, 3.05) is 6.61 Å². The van der Waals surface area contributed by atoms with Crippen LogP contribution in [0.25, 0.3) is 22.5 Å². The van der Waals surface area contributed by atoms with Gasteiger partial charge in [-0.2, -0.15) is 0 Å². The van der Waals surface area contributed by atoms with Gasteiger partial charge in [-0.25, -0.2) is 0 Å². The van der Waals surface area contributed by atoms with Crippen molar-refractivity contribution in [1.29, 1.82) is 0 Å². The molecule has 2 aromatic carbocycles. The number of nitrogens with zero attached hydrogens (tertiary/aromatic N) is 4. The molecule has 0 radical (unpaired) electrons.